The number of benzene rings is 2. The molecule has 0 spiro atoms. The van der Waals surface area contributed by atoms with Gasteiger partial charge in [-0.15, -0.1) is 24.8 Å². The van der Waals surface area contributed by atoms with E-state index in [2.05, 4.69) is 0 Å². The number of phenols is 1. The van der Waals surface area contributed by atoms with Gasteiger partial charge in [0.1, 0.15) is 23.4 Å². The first-order chi connectivity index (χ1) is 18.4. The first-order valence-corrected chi connectivity index (χ1v) is 14.2. The van der Waals surface area contributed by atoms with Crippen LogP contribution in [0.1, 0.15) is 36.5 Å². The van der Waals surface area contributed by atoms with Crippen molar-refractivity contribution in [3.8, 4) is 11.5 Å². The third-order valence-corrected chi connectivity index (χ3v) is 8.73. The van der Waals surface area contributed by atoms with E-state index in [0.29, 0.717) is 54.2 Å². The highest BCUT2D eigenvalue weighted by atomic mass is 35.5. The Morgan fingerprint density at radius 1 is 1.20 bits per heavy atom. The minimum atomic E-state index is -4.29. The van der Waals surface area contributed by atoms with Gasteiger partial charge in [-0.2, -0.15) is 0 Å². The van der Waals surface area contributed by atoms with Crippen LogP contribution in [-0.2, 0) is 21.2 Å². The maximum absolute atomic E-state index is 13.2. The maximum atomic E-state index is 13.2. The molecule has 0 saturated carbocycles. The van der Waals surface area contributed by atoms with Crippen molar-refractivity contribution in [2.45, 2.75) is 38.3 Å². The van der Waals surface area contributed by atoms with Crippen molar-refractivity contribution < 1.29 is 28.2 Å². The summed E-state index contributed by atoms with van der Waals surface area (Å²) in [5.41, 5.74) is 7.13. The minimum Gasteiger partial charge on any atom is -0.507 e. The van der Waals surface area contributed by atoms with E-state index in [9.17, 15) is 23.4 Å². The van der Waals surface area contributed by atoms with Gasteiger partial charge in [-0.05, 0) is 49.2 Å². The highest BCUT2D eigenvalue weighted by Crippen LogP contribution is 2.42. The lowest BCUT2D eigenvalue weighted by molar-refractivity contribution is -0.134. The smallest absolute Gasteiger partial charge is 0.320 e. The number of anilines is 1. The van der Waals surface area contributed by atoms with Crippen LogP contribution in [0.3, 0.4) is 0 Å². The summed E-state index contributed by atoms with van der Waals surface area (Å²) in [6.07, 6.45) is 4.59. The van der Waals surface area contributed by atoms with Crippen LogP contribution in [0.2, 0.25) is 5.02 Å². The van der Waals surface area contributed by atoms with E-state index in [1.807, 2.05) is 4.90 Å². The van der Waals surface area contributed by atoms with Gasteiger partial charge in [0.2, 0.25) is 10.0 Å². The van der Waals surface area contributed by atoms with Crippen LogP contribution in [0.4, 0.5) is 5.69 Å². The number of ether oxygens (including phenoxy) is 1. The number of aliphatic carboxylic acids is 1. The van der Waals surface area contributed by atoms with Crippen molar-refractivity contribution in [1.82, 2.24) is 4.90 Å². The Morgan fingerprint density at radius 3 is 2.44 bits per heavy atom. The van der Waals surface area contributed by atoms with Gasteiger partial charge in [-0.3, -0.25) is 19.9 Å². The van der Waals surface area contributed by atoms with E-state index in [4.69, 9.17) is 32.9 Å². The van der Waals surface area contributed by atoms with E-state index in [0.717, 1.165) is 4.31 Å². The van der Waals surface area contributed by atoms with Gasteiger partial charge in [-0.1, -0.05) is 23.8 Å². The first-order valence-electron chi connectivity index (χ1n) is 12.2. The number of aromatic hydroxyl groups is 1. The van der Waals surface area contributed by atoms with Gasteiger partial charge < -0.3 is 25.6 Å². The average molecular weight is 649 g/mol. The minimum absolute atomic E-state index is 0. The number of phenolic OH excluding ortho intramolecular Hbond substituents is 1. The molecule has 2 aliphatic heterocycles. The number of carboxylic acid groups (broad SMARTS) is 1. The number of hydrogen-bond acceptors (Lipinski definition) is 7. The van der Waals surface area contributed by atoms with Crippen LogP contribution in [0.5, 0.6) is 11.5 Å². The number of amidine groups is 2. The van der Waals surface area contributed by atoms with Gasteiger partial charge >= 0.3 is 5.97 Å². The number of sulfonamides is 1. The quantitative estimate of drug-likeness (QED) is 0.211. The molecule has 1 saturated heterocycles. The summed E-state index contributed by atoms with van der Waals surface area (Å²) in [6.45, 7) is 3.12. The second-order valence-corrected chi connectivity index (χ2v) is 11.8. The molecule has 4 rings (SSSR count). The number of fused-ring (bicyclic) bond motifs is 1. The molecular weight excluding hydrogens is 617 g/mol. The van der Waals surface area contributed by atoms with Gasteiger partial charge in [-0.25, -0.2) is 8.42 Å². The largest absolute Gasteiger partial charge is 0.507 e. The molecule has 0 bridgehead atoms. The number of nitrogen functional groups attached to an aromatic ring is 1. The lowest BCUT2D eigenvalue weighted by Gasteiger charge is -2.33. The van der Waals surface area contributed by atoms with Crippen molar-refractivity contribution in [1.29, 1.82) is 10.8 Å². The Kier molecular flexibility index (Phi) is 11.3. The fourth-order valence-corrected chi connectivity index (χ4v) is 6.50. The zero-order valence-corrected chi connectivity index (χ0v) is 25.2. The molecule has 0 aromatic heterocycles. The third-order valence-electron chi connectivity index (χ3n) is 6.75. The maximum Gasteiger partial charge on any atom is 0.320 e. The van der Waals surface area contributed by atoms with E-state index in [1.54, 1.807) is 19.1 Å². The second kappa shape index (κ2) is 13.6. The van der Waals surface area contributed by atoms with Crippen molar-refractivity contribution in [2.24, 2.45) is 5.73 Å². The molecule has 0 aliphatic carbocycles. The molecule has 2 aromatic rings. The van der Waals surface area contributed by atoms with Crippen molar-refractivity contribution >= 4 is 75.8 Å². The number of likely N-dealkylation sites (tertiary alicyclic amines) is 1. The van der Waals surface area contributed by atoms with Gasteiger partial charge in [0, 0.05) is 37.1 Å². The number of piperidine rings is 1. The summed E-state index contributed by atoms with van der Waals surface area (Å²) in [5, 5.41) is 35.1. The fraction of sp³-hybridized carbons (Fsp3) is 0.346. The van der Waals surface area contributed by atoms with E-state index in [-0.39, 0.29) is 59.6 Å². The number of carbonyl (C=O) groups is 1. The summed E-state index contributed by atoms with van der Waals surface area (Å²) in [4.78, 5) is 13.3. The number of hydrogen-bond donors (Lipinski definition) is 5. The lowest BCUT2D eigenvalue weighted by Crippen LogP contribution is -2.40. The average Bonchev–Trinajstić information content (AvgIpc) is 3.21. The molecule has 0 radical (unpaired) electrons. The number of carboxylic acids is 1. The highest BCUT2D eigenvalue weighted by molar-refractivity contribution is 7.93. The monoisotopic (exact) mass is 647 g/mol. The van der Waals surface area contributed by atoms with E-state index >= 15 is 0 Å². The Morgan fingerprint density at radius 2 is 1.85 bits per heavy atom. The SMILES string of the molecule is CC(=N)N1CCC(Oc2cc3c(cc2Cl)N(S(=O)(=O)CC(=O)O)C(/C=C/c2cc(C(=N)N)ccc2O)C3)CC1.Cl.Cl. The summed E-state index contributed by atoms with van der Waals surface area (Å²) in [5.74, 6) is -1.96. The Balaban J connectivity index is 0.00000294. The highest BCUT2D eigenvalue weighted by Gasteiger charge is 2.38. The first kappa shape index (κ1) is 34.0. The third kappa shape index (κ3) is 7.76. The van der Waals surface area contributed by atoms with Gasteiger partial charge in [0.15, 0.2) is 5.75 Å². The van der Waals surface area contributed by atoms with E-state index < -0.39 is 27.8 Å². The molecule has 1 atom stereocenters. The van der Waals surface area contributed by atoms with E-state index in [1.165, 1.54) is 30.3 Å². The predicted molar refractivity (Wildman–Crippen MR) is 164 cm³/mol. The summed E-state index contributed by atoms with van der Waals surface area (Å²) < 4.78 is 33.5. The topological polar surface area (TPSA) is 181 Å². The Labute approximate surface area is 255 Å². The lowest BCUT2D eigenvalue weighted by atomic mass is 10.1. The fourth-order valence-electron chi connectivity index (χ4n) is 4.82. The van der Waals surface area contributed by atoms with Gasteiger partial charge in [0.05, 0.1) is 22.6 Å². The number of halogens is 3. The molecule has 1 fully saturated rings. The number of nitrogens with two attached hydrogens (primary N) is 1. The van der Waals surface area contributed by atoms with Crippen LogP contribution >= 0.6 is 36.4 Å². The summed E-state index contributed by atoms with van der Waals surface area (Å²) >= 11 is 6.53. The summed E-state index contributed by atoms with van der Waals surface area (Å²) in [7, 11) is -4.29. The van der Waals surface area contributed by atoms with Crippen LogP contribution in [-0.4, -0.2) is 72.2 Å². The Bertz CT molecular complexity index is 1460. The van der Waals surface area contributed by atoms with Crippen LogP contribution in [0.25, 0.3) is 6.08 Å². The van der Waals surface area contributed by atoms with Crippen LogP contribution in [0, 0.1) is 10.8 Å². The molecule has 6 N–H and O–H groups in total. The van der Waals surface area contributed by atoms with Crippen molar-refractivity contribution in [3.05, 3.63) is 58.1 Å². The molecule has 2 heterocycles. The standard InChI is InChI=1S/C26H30ClN5O6S.2ClH/c1-15(28)31-8-6-20(7-9-31)38-24-12-18-11-19(4-2-16-10-17(26(29)30)3-5-23(16)33)32(22(18)13-21(24)27)39(36,37)14-25(34)35;;/h2-5,10,12-13,19-20,28,33H,6-9,11,14H2,1H3,(H3,29,30)(H,34,35);2*1H/b4-2+,28-15?;;. The van der Waals surface area contributed by atoms with Gasteiger partial charge in [0.25, 0.3) is 0 Å². The zero-order valence-electron chi connectivity index (χ0n) is 22.0. The predicted octanol–water partition coefficient (Wildman–Crippen LogP) is 3.87. The number of rotatable bonds is 8. The van der Waals surface area contributed by atoms with Crippen molar-refractivity contribution in [3.63, 3.8) is 0 Å². The van der Waals surface area contributed by atoms with Crippen molar-refractivity contribution in [2.75, 3.05) is 23.1 Å². The second-order valence-electron chi connectivity index (χ2n) is 9.56. The zero-order chi connectivity index (χ0) is 28.5. The molecule has 2 aliphatic rings. The molecule has 224 valence electrons. The normalized spacial score (nSPS) is 17.0. The number of nitrogens with one attached hydrogen (secondary N) is 2. The molecule has 2 aromatic carbocycles. The molecular formula is C26H32Cl3N5O6S. The molecule has 0 amide bonds. The Hall–Kier alpha value is -3.19. The molecule has 15 heteroatoms. The summed E-state index contributed by atoms with van der Waals surface area (Å²) in [6, 6.07) is 6.75. The molecule has 1 unspecified atom stereocenters. The molecule has 41 heavy (non-hydrogen) atoms. The van der Waals surface area contributed by atoms with Crippen LogP contribution in [0.15, 0.2) is 36.4 Å². The molecule has 11 nitrogen and oxygen atoms in total. The van der Waals surface area contributed by atoms with Crippen LogP contribution < -0.4 is 14.8 Å². The number of nitrogens with zero attached hydrogens (tertiary/aromatic N) is 2.